The summed E-state index contributed by atoms with van der Waals surface area (Å²) >= 11 is 0. The number of nitrogens with two attached hydrogens (primary N) is 1. The van der Waals surface area contributed by atoms with Crippen molar-refractivity contribution < 1.29 is 4.79 Å². The third kappa shape index (κ3) is 3.34. The molecule has 0 bridgehead atoms. The molecule has 0 spiro atoms. The van der Waals surface area contributed by atoms with Crippen LogP contribution in [0.1, 0.15) is 52.0 Å². The lowest BCUT2D eigenvalue weighted by molar-refractivity contribution is 0.0999. The Kier molecular flexibility index (Phi) is 4.42. The van der Waals surface area contributed by atoms with Gasteiger partial charge in [-0.1, -0.05) is 0 Å². The van der Waals surface area contributed by atoms with Crippen molar-refractivity contribution in [3.05, 3.63) is 40.7 Å². The van der Waals surface area contributed by atoms with Gasteiger partial charge in [-0.05, 0) is 39.7 Å². The summed E-state index contributed by atoms with van der Waals surface area (Å²) in [6, 6.07) is 1.98. The third-order valence-corrected chi connectivity index (χ3v) is 4.38. The van der Waals surface area contributed by atoms with E-state index in [9.17, 15) is 4.79 Å². The summed E-state index contributed by atoms with van der Waals surface area (Å²) in [5, 5.41) is 0. The topological polar surface area (TPSA) is 97.9 Å². The second-order valence-corrected chi connectivity index (χ2v) is 6.30. The highest BCUT2D eigenvalue weighted by Gasteiger charge is 2.25. The van der Waals surface area contributed by atoms with Crippen molar-refractivity contribution in [2.75, 3.05) is 18.0 Å². The van der Waals surface area contributed by atoms with Crippen LogP contribution >= 0.6 is 0 Å². The monoisotopic (exact) mass is 326 g/mol. The average Bonchev–Trinajstić information content (AvgIpc) is 2.53. The van der Waals surface area contributed by atoms with Crippen molar-refractivity contribution in [1.29, 1.82) is 0 Å². The molecule has 1 fully saturated rings. The maximum absolute atomic E-state index is 11.3. The van der Waals surface area contributed by atoms with Crippen LogP contribution < -0.4 is 10.6 Å². The summed E-state index contributed by atoms with van der Waals surface area (Å²) in [6.07, 6.45) is 3.41. The van der Waals surface area contributed by atoms with Gasteiger partial charge in [-0.2, -0.15) is 0 Å². The van der Waals surface area contributed by atoms with Crippen molar-refractivity contribution >= 4 is 11.9 Å². The lowest BCUT2D eigenvalue weighted by Gasteiger charge is -2.31. The fourth-order valence-electron chi connectivity index (χ4n) is 3.11. The Hall–Kier alpha value is -2.57. The standard InChI is InChI=1S/C17H22N6O/c1-10-8-11(2)21-17(20-10)23-6-4-13(5-7-23)16-19-9-14(15(18)24)12(3)22-16/h8-9,13H,4-7H2,1-3H3,(H2,18,24). The maximum atomic E-state index is 11.3. The fraction of sp³-hybridized carbons (Fsp3) is 0.471. The molecule has 7 nitrogen and oxygen atoms in total. The molecule has 1 aliphatic rings. The second kappa shape index (κ2) is 6.51. The van der Waals surface area contributed by atoms with Gasteiger partial charge in [-0.15, -0.1) is 0 Å². The summed E-state index contributed by atoms with van der Waals surface area (Å²) in [4.78, 5) is 31.4. The molecule has 7 heteroatoms. The van der Waals surface area contributed by atoms with E-state index in [1.54, 1.807) is 13.1 Å². The Morgan fingerprint density at radius 3 is 2.29 bits per heavy atom. The van der Waals surface area contributed by atoms with Crippen LogP contribution in [0, 0.1) is 20.8 Å². The predicted octanol–water partition coefficient (Wildman–Crippen LogP) is 1.67. The fourth-order valence-corrected chi connectivity index (χ4v) is 3.11. The van der Waals surface area contributed by atoms with E-state index in [1.165, 1.54) is 0 Å². The summed E-state index contributed by atoms with van der Waals surface area (Å²) in [6.45, 7) is 7.51. The van der Waals surface area contributed by atoms with Crippen LogP contribution in [0.4, 0.5) is 5.95 Å². The van der Waals surface area contributed by atoms with Crippen LogP contribution in [-0.2, 0) is 0 Å². The van der Waals surface area contributed by atoms with Gasteiger partial charge in [0.25, 0.3) is 5.91 Å². The number of carbonyl (C=O) groups excluding carboxylic acids is 1. The first-order chi connectivity index (χ1) is 11.4. The molecule has 2 aromatic rings. The molecule has 2 N–H and O–H groups in total. The zero-order chi connectivity index (χ0) is 17.3. The smallest absolute Gasteiger partial charge is 0.252 e. The number of piperidine rings is 1. The van der Waals surface area contributed by atoms with Crippen molar-refractivity contribution in [2.45, 2.75) is 39.5 Å². The van der Waals surface area contributed by atoms with Crippen LogP contribution in [-0.4, -0.2) is 38.9 Å². The average molecular weight is 326 g/mol. The van der Waals surface area contributed by atoms with Crippen molar-refractivity contribution in [3.63, 3.8) is 0 Å². The van der Waals surface area contributed by atoms with E-state index < -0.39 is 5.91 Å². The molecular weight excluding hydrogens is 304 g/mol. The second-order valence-electron chi connectivity index (χ2n) is 6.30. The molecule has 1 amide bonds. The van der Waals surface area contributed by atoms with Crippen LogP contribution in [0.15, 0.2) is 12.3 Å². The highest BCUT2D eigenvalue weighted by Crippen LogP contribution is 2.27. The van der Waals surface area contributed by atoms with E-state index in [-0.39, 0.29) is 5.92 Å². The molecule has 0 unspecified atom stereocenters. The van der Waals surface area contributed by atoms with E-state index in [0.717, 1.165) is 49.1 Å². The number of carbonyl (C=O) groups is 1. The third-order valence-electron chi connectivity index (χ3n) is 4.38. The molecule has 0 aromatic carbocycles. The van der Waals surface area contributed by atoms with Gasteiger partial charge in [-0.3, -0.25) is 4.79 Å². The van der Waals surface area contributed by atoms with E-state index in [0.29, 0.717) is 11.3 Å². The Balaban J connectivity index is 1.71. The van der Waals surface area contributed by atoms with E-state index in [4.69, 9.17) is 5.73 Å². The largest absolute Gasteiger partial charge is 0.365 e. The number of hydrogen-bond donors (Lipinski definition) is 1. The number of aryl methyl sites for hydroxylation is 3. The number of hydrogen-bond acceptors (Lipinski definition) is 6. The number of anilines is 1. The summed E-state index contributed by atoms with van der Waals surface area (Å²) in [7, 11) is 0. The lowest BCUT2D eigenvalue weighted by Crippen LogP contribution is -2.35. The van der Waals surface area contributed by atoms with Crippen LogP contribution in [0.3, 0.4) is 0 Å². The van der Waals surface area contributed by atoms with E-state index in [1.807, 2.05) is 19.9 Å². The first-order valence-corrected chi connectivity index (χ1v) is 8.14. The molecule has 0 saturated carbocycles. The first-order valence-electron chi connectivity index (χ1n) is 8.14. The molecular formula is C17H22N6O. The Labute approximate surface area is 141 Å². The zero-order valence-corrected chi connectivity index (χ0v) is 14.3. The van der Waals surface area contributed by atoms with Gasteiger partial charge >= 0.3 is 0 Å². The molecule has 24 heavy (non-hydrogen) atoms. The maximum Gasteiger partial charge on any atom is 0.252 e. The molecule has 3 heterocycles. The number of amides is 1. The van der Waals surface area contributed by atoms with E-state index >= 15 is 0 Å². The molecule has 126 valence electrons. The number of primary amides is 1. The minimum Gasteiger partial charge on any atom is -0.365 e. The van der Waals surface area contributed by atoms with Gasteiger partial charge < -0.3 is 10.6 Å². The Morgan fingerprint density at radius 1 is 1.12 bits per heavy atom. The van der Waals surface area contributed by atoms with Crippen molar-refractivity contribution in [2.24, 2.45) is 5.73 Å². The van der Waals surface area contributed by atoms with Gasteiger partial charge in [0.2, 0.25) is 5.95 Å². The van der Waals surface area contributed by atoms with Crippen LogP contribution in [0.25, 0.3) is 0 Å². The molecule has 0 atom stereocenters. The summed E-state index contributed by atoms with van der Waals surface area (Å²) in [5.41, 5.74) is 8.32. The predicted molar refractivity (Wildman–Crippen MR) is 91.0 cm³/mol. The lowest BCUT2D eigenvalue weighted by atomic mass is 9.96. The molecule has 2 aromatic heterocycles. The molecule has 0 aliphatic carbocycles. The number of rotatable bonds is 3. The van der Waals surface area contributed by atoms with Gasteiger partial charge in [0.05, 0.1) is 11.3 Å². The highest BCUT2D eigenvalue weighted by molar-refractivity contribution is 5.93. The summed E-state index contributed by atoms with van der Waals surface area (Å²) in [5.74, 6) is 1.39. The van der Waals surface area contributed by atoms with Gasteiger partial charge in [0.1, 0.15) is 5.82 Å². The van der Waals surface area contributed by atoms with Gasteiger partial charge in [-0.25, -0.2) is 19.9 Å². The van der Waals surface area contributed by atoms with Crippen molar-refractivity contribution in [1.82, 2.24) is 19.9 Å². The van der Waals surface area contributed by atoms with Gasteiger partial charge in [0, 0.05) is 36.6 Å². The summed E-state index contributed by atoms with van der Waals surface area (Å²) < 4.78 is 0. The van der Waals surface area contributed by atoms with Gasteiger partial charge in [0.15, 0.2) is 0 Å². The Bertz CT molecular complexity index is 747. The molecule has 3 rings (SSSR count). The zero-order valence-electron chi connectivity index (χ0n) is 14.3. The quantitative estimate of drug-likeness (QED) is 0.921. The SMILES string of the molecule is Cc1cc(C)nc(N2CCC(c3ncc(C(N)=O)c(C)n3)CC2)n1. The molecule has 1 aliphatic heterocycles. The highest BCUT2D eigenvalue weighted by atomic mass is 16.1. The number of aromatic nitrogens is 4. The number of nitrogens with zero attached hydrogens (tertiary/aromatic N) is 5. The van der Waals surface area contributed by atoms with Crippen molar-refractivity contribution in [3.8, 4) is 0 Å². The Morgan fingerprint density at radius 2 is 1.75 bits per heavy atom. The normalized spacial score (nSPS) is 15.5. The molecule has 0 radical (unpaired) electrons. The van der Waals surface area contributed by atoms with E-state index in [2.05, 4.69) is 24.8 Å². The minimum absolute atomic E-state index is 0.285. The van der Waals surface area contributed by atoms with Crippen LogP contribution in [0.2, 0.25) is 0 Å². The first kappa shape index (κ1) is 16.3. The van der Waals surface area contributed by atoms with Crippen LogP contribution in [0.5, 0.6) is 0 Å². The minimum atomic E-state index is -0.485. The molecule has 1 saturated heterocycles.